The van der Waals surface area contributed by atoms with Gasteiger partial charge in [0.2, 0.25) is 0 Å². The third kappa shape index (κ3) is 2.58. The average Bonchev–Trinajstić information content (AvgIpc) is 2.64. The molecule has 0 aromatic carbocycles. The Balaban J connectivity index is 2.09. The SMILES string of the molecule is CC1CCN(OS(=O)(=O)c2ccccn2)C1. The fourth-order valence-electron chi connectivity index (χ4n) is 1.63. The normalized spacial score (nSPS) is 22.4. The van der Waals surface area contributed by atoms with Crippen LogP contribution in [0.1, 0.15) is 13.3 Å². The quantitative estimate of drug-likeness (QED) is 0.792. The Morgan fingerprint density at radius 3 is 2.88 bits per heavy atom. The molecule has 0 bridgehead atoms. The zero-order valence-corrected chi connectivity index (χ0v) is 9.85. The van der Waals surface area contributed by atoms with Crippen molar-refractivity contribution in [1.82, 2.24) is 10.0 Å². The molecule has 2 rings (SSSR count). The molecule has 88 valence electrons. The van der Waals surface area contributed by atoms with Crippen molar-refractivity contribution in [2.45, 2.75) is 18.4 Å². The maximum atomic E-state index is 11.8. The molecule has 0 radical (unpaired) electrons. The lowest BCUT2D eigenvalue weighted by Gasteiger charge is -2.13. The van der Waals surface area contributed by atoms with Crippen LogP contribution in [0, 0.1) is 5.92 Å². The highest BCUT2D eigenvalue weighted by atomic mass is 32.2. The summed E-state index contributed by atoms with van der Waals surface area (Å²) >= 11 is 0. The summed E-state index contributed by atoms with van der Waals surface area (Å²) in [6.45, 7) is 3.36. The monoisotopic (exact) mass is 242 g/mol. The summed E-state index contributed by atoms with van der Waals surface area (Å²) < 4.78 is 28.5. The Hall–Kier alpha value is -0.980. The molecule has 5 nitrogen and oxygen atoms in total. The van der Waals surface area contributed by atoms with Crippen LogP contribution >= 0.6 is 0 Å². The van der Waals surface area contributed by atoms with Crippen LogP contribution in [0.5, 0.6) is 0 Å². The van der Waals surface area contributed by atoms with E-state index < -0.39 is 10.1 Å². The lowest BCUT2D eigenvalue weighted by atomic mass is 10.2. The number of hydroxylamine groups is 2. The molecule has 1 aliphatic rings. The largest absolute Gasteiger partial charge is 0.330 e. The van der Waals surface area contributed by atoms with Gasteiger partial charge in [0.05, 0.1) is 0 Å². The minimum absolute atomic E-state index is 0.0467. The number of nitrogens with zero attached hydrogens (tertiary/aromatic N) is 2. The van der Waals surface area contributed by atoms with Crippen molar-refractivity contribution < 1.29 is 12.7 Å². The maximum absolute atomic E-state index is 11.8. The van der Waals surface area contributed by atoms with E-state index in [1.54, 1.807) is 12.1 Å². The van der Waals surface area contributed by atoms with E-state index in [-0.39, 0.29) is 5.03 Å². The van der Waals surface area contributed by atoms with Crippen LogP contribution in [0.3, 0.4) is 0 Å². The molecule has 1 aliphatic heterocycles. The summed E-state index contributed by atoms with van der Waals surface area (Å²) in [7, 11) is -3.75. The van der Waals surface area contributed by atoms with E-state index in [4.69, 9.17) is 4.28 Å². The van der Waals surface area contributed by atoms with Gasteiger partial charge in [0.1, 0.15) is 0 Å². The van der Waals surface area contributed by atoms with E-state index in [0.717, 1.165) is 6.42 Å². The second kappa shape index (κ2) is 4.48. The van der Waals surface area contributed by atoms with Gasteiger partial charge in [0, 0.05) is 19.3 Å². The Morgan fingerprint density at radius 1 is 1.50 bits per heavy atom. The topological polar surface area (TPSA) is 59.5 Å². The molecule has 1 unspecified atom stereocenters. The van der Waals surface area contributed by atoms with E-state index in [2.05, 4.69) is 11.9 Å². The molecule has 1 fully saturated rings. The predicted octanol–water partition coefficient (Wildman–Crippen LogP) is 1.04. The second-order valence-corrected chi connectivity index (χ2v) is 5.45. The van der Waals surface area contributed by atoms with Gasteiger partial charge in [-0.1, -0.05) is 13.0 Å². The first kappa shape index (κ1) is 11.5. The lowest BCUT2D eigenvalue weighted by Crippen LogP contribution is -2.25. The highest BCUT2D eigenvalue weighted by Gasteiger charge is 2.26. The smallest absolute Gasteiger partial charge is 0.242 e. The Kier molecular flexibility index (Phi) is 3.22. The summed E-state index contributed by atoms with van der Waals surface area (Å²) in [5.41, 5.74) is 0. The molecule has 1 aromatic heterocycles. The summed E-state index contributed by atoms with van der Waals surface area (Å²) in [6, 6.07) is 4.71. The zero-order chi connectivity index (χ0) is 11.6. The zero-order valence-electron chi connectivity index (χ0n) is 9.04. The molecular formula is C10H14N2O3S. The minimum Gasteiger partial charge on any atom is -0.242 e. The summed E-state index contributed by atoms with van der Waals surface area (Å²) in [5, 5.41) is 1.43. The number of pyridine rings is 1. The van der Waals surface area contributed by atoms with Crippen LogP contribution in [-0.2, 0) is 14.4 Å². The first-order chi connectivity index (χ1) is 7.58. The molecule has 0 amide bonds. The fraction of sp³-hybridized carbons (Fsp3) is 0.500. The van der Waals surface area contributed by atoms with Crippen molar-refractivity contribution in [2.24, 2.45) is 5.92 Å². The van der Waals surface area contributed by atoms with Crippen molar-refractivity contribution >= 4 is 10.1 Å². The Labute approximate surface area is 95.1 Å². The standard InChI is InChI=1S/C10H14N2O3S/c1-9-5-7-12(8-9)15-16(13,14)10-4-2-3-6-11-10/h2-4,6,9H,5,7-8H2,1H3. The van der Waals surface area contributed by atoms with Crippen LogP contribution in [0.25, 0.3) is 0 Å². The summed E-state index contributed by atoms with van der Waals surface area (Å²) in [4.78, 5) is 3.77. The third-order valence-corrected chi connectivity index (χ3v) is 3.64. The Bertz CT molecular complexity index is 446. The van der Waals surface area contributed by atoms with Gasteiger partial charge >= 0.3 is 10.1 Å². The average molecular weight is 242 g/mol. The van der Waals surface area contributed by atoms with Crippen molar-refractivity contribution in [2.75, 3.05) is 13.1 Å². The van der Waals surface area contributed by atoms with Crippen LogP contribution in [-0.4, -0.2) is 31.6 Å². The van der Waals surface area contributed by atoms with Crippen molar-refractivity contribution in [3.63, 3.8) is 0 Å². The first-order valence-electron chi connectivity index (χ1n) is 5.18. The van der Waals surface area contributed by atoms with Gasteiger partial charge in [-0.15, -0.1) is 0 Å². The molecule has 1 atom stereocenters. The predicted molar refractivity (Wildman–Crippen MR) is 57.9 cm³/mol. The second-order valence-electron chi connectivity index (χ2n) is 3.98. The fourth-order valence-corrected chi connectivity index (χ4v) is 2.56. The van der Waals surface area contributed by atoms with Crippen molar-refractivity contribution in [3.8, 4) is 0 Å². The molecule has 16 heavy (non-hydrogen) atoms. The van der Waals surface area contributed by atoms with E-state index in [9.17, 15) is 8.42 Å². The molecule has 1 aromatic rings. The van der Waals surface area contributed by atoms with E-state index in [1.807, 2.05) is 0 Å². The highest BCUT2D eigenvalue weighted by Crippen LogP contribution is 2.19. The lowest BCUT2D eigenvalue weighted by molar-refractivity contribution is -0.0304. The Morgan fingerprint density at radius 2 is 2.31 bits per heavy atom. The van der Waals surface area contributed by atoms with Gasteiger partial charge in [-0.05, 0) is 24.5 Å². The molecular weight excluding hydrogens is 228 g/mol. The van der Waals surface area contributed by atoms with Gasteiger partial charge in [0.15, 0.2) is 5.03 Å². The highest BCUT2D eigenvalue weighted by molar-refractivity contribution is 7.86. The number of hydrogen-bond acceptors (Lipinski definition) is 5. The van der Waals surface area contributed by atoms with Crippen LogP contribution in [0.4, 0.5) is 0 Å². The van der Waals surface area contributed by atoms with Gasteiger partial charge in [-0.3, -0.25) is 0 Å². The molecule has 1 saturated heterocycles. The maximum Gasteiger partial charge on any atom is 0.330 e. The minimum atomic E-state index is -3.75. The number of aromatic nitrogens is 1. The molecule has 0 N–H and O–H groups in total. The van der Waals surface area contributed by atoms with Crippen LogP contribution < -0.4 is 0 Å². The van der Waals surface area contributed by atoms with E-state index in [0.29, 0.717) is 19.0 Å². The third-order valence-electron chi connectivity index (χ3n) is 2.48. The molecule has 0 aliphatic carbocycles. The molecule has 0 spiro atoms. The van der Waals surface area contributed by atoms with Crippen molar-refractivity contribution in [3.05, 3.63) is 24.4 Å². The van der Waals surface area contributed by atoms with Gasteiger partial charge in [-0.25, -0.2) is 4.98 Å². The summed E-state index contributed by atoms with van der Waals surface area (Å²) in [6.07, 6.45) is 2.39. The van der Waals surface area contributed by atoms with Gasteiger partial charge < -0.3 is 0 Å². The van der Waals surface area contributed by atoms with E-state index in [1.165, 1.54) is 17.3 Å². The van der Waals surface area contributed by atoms with Crippen LogP contribution in [0.2, 0.25) is 0 Å². The van der Waals surface area contributed by atoms with Gasteiger partial charge in [0.25, 0.3) is 0 Å². The van der Waals surface area contributed by atoms with E-state index >= 15 is 0 Å². The van der Waals surface area contributed by atoms with Crippen LogP contribution in [0.15, 0.2) is 29.4 Å². The number of rotatable bonds is 3. The summed E-state index contributed by atoms with van der Waals surface area (Å²) in [5.74, 6) is 0.471. The molecule has 0 saturated carbocycles. The van der Waals surface area contributed by atoms with Gasteiger partial charge in [-0.2, -0.15) is 17.8 Å². The van der Waals surface area contributed by atoms with Crippen molar-refractivity contribution in [1.29, 1.82) is 0 Å². The number of hydrogen-bond donors (Lipinski definition) is 0. The molecule has 2 heterocycles. The first-order valence-corrected chi connectivity index (χ1v) is 6.59. The molecule has 6 heteroatoms.